The lowest BCUT2D eigenvalue weighted by atomic mass is 10.1. The monoisotopic (exact) mass is 309 g/mol. The van der Waals surface area contributed by atoms with Crippen LogP contribution >= 0.6 is 0 Å². The average Bonchev–Trinajstić information content (AvgIpc) is 3.29. The summed E-state index contributed by atoms with van der Waals surface area (Å²) in [6.45, 7) is 0. The van der Waals surface area contributed by atoms with Crippen molar-refractivity contribution in [1.82, 2.24) is 0 Å². The van der Waals surface area contributed by atoms with E-state index in [2.05, 4.69) is 5.32 Å². The van der Waals surface area contributed by atoms with Gasteiger partial charge in [0.1, 0.15) is 5.82 Å². The predicted molar refractivity (Wildman–Crippen MR) is 72.2 cm³/mol. The van der Waals surface area contributed by atoms with E-state index in [-0.39, 0.29) is 5.92 Å². The Hall–Kier alpha value is -2.37. The largest absolute Gasteiger partial charge is 0.323 e. The molecule has 6 heteroatoms. The van der Waals surface area contributed by atoms with Crippen LogP contribution in [-0.2, 0) is 4.79 Å². The molecule has 0 aliphatic heterocycles. The van der Waals surface area contributed by atoms with Crippen molar-refractivity contribution in [2.75, 3.05) is 5.32 Å². The van der Waals surface area contributed by atoms with Gasteiger partial charge in [0.05, 0.1) is 5.69 Å². The zero-order chi connectivity index (χ0) is 15.9. The molecule has 22 heavy (non-hydrogen) atoms. The minimum atomic E-state index is -1.64. The number of halogens is 4. The maximum Gasteiger partial charge on any atom is 0.228 e. The third kappa shape index (κ3) is 2.56. The first-order valence-corrected chi connectivity index (χ1v) is 6.68. The molecule has 2 aromatic rings. The van der Waals surface area contributed by atoms with Gasteiger partial charge in [0.15, 0.2) is 17.5 Å². The lowest BCUT2D eigenvalue weighted by molar-refractivity contribution is -0.117. The predicted octanol–water partition coefficient (Wildman–Crippen LogP) is 3.99. The number of hydrogen-bond acceptors (Lipinski definition) is 1. The van der Waals surface area contributed by atoms with Gasteiger partial charge >= 0.3 is 0 Å². The van der Waals surface area contributed by atoms with Crippen molar-refractivity contribution in [2.24, 2.45) is 5.92 Å². The van der Waals surface area contributed by atoms with Gasteiger partial charge in [0, 0.05) is 5.92 Å². The summed E-state index contributed by atoms with van der Waals surface area (Å²) in [7, 11) is 0. The van der Waals surface area contributed by atoms with Crippen LogP contribution < -0.4 is 5.32 Å². The van der Waals surface area contributed by atoms with E-state index in [0.717, 1.165) is 12.1 Å². The minimum absolute atomic E-state index is 0.283. The first-order chi connectivity index (χ1) is 10.5. The molecular formula is C16H11F4NO. The number of anilines is 1. The summed E-state index contributed by atoms with van der Waals surface area (Å²) in [6.07, 6.45) is 0.429. The number of carbonyl (C=O) groups excluding carboxylic acids is 1. The normalized spacial score (nSPS) is 19.8. The number of amides is 1. The van der Waals surface area contributed by atoms with Crippen molar-refractivity contribution in [3.63, 3.8) is 0 Å². The van der Waals surface area contributed by atoms with Crippen LogP contribution in [0, 0.1) is 29.2 Å². The van der Waals surface area contributed by atoms with E-state index in [1.165, 1.54) is 6.07 Å². The van der Waals surface area contributed by atoms with E-state index in [0.29, 0.717) is 12.0 Å². The number of rotatable bonds is 3. The topological polar surface area (TPSA) is 29.1 Å². The molecule has 1 amide bonds. The summed E-state index contributed by atoms with van der Waals surface area (Å²) < 4.78 is 53.1. The number of carbonyl (C=O) groups is 1. The molecule has 2 nitrogen and oxygen atoms in total. The summed E-state index contributed by atoms with van der Waals surface area (Å²) in [5.74, 6) is -6.15. The van der Waals surface area contributed by atoms with E-state index < -0.39 is 40.8 Å². The van der Waals surface area contributed by atoms with Crippen LogP contribution in [0.1, 0.15) is 17.9 Å². The Kier molecular flexibility index (Phi) is 3.60. The summed E-state index contributed by atoms with van der Waals surface area (Å²) in [5.41, 5.74) is -0.00325. The fraction of sp³-hybridized carbons (Fsp3) is 0.188. The highest BCUT2D eigenvalue weighted by Crippen LogP contribution is 2.48. The van der Waals surface area contributed by atoms with Crippen LogP contribution in [0.4, 0.5) is 23.2 Å². The van der Waals surface area contributed by atoms with Crippen molar-refractivity contribution in [3.05, 3.63) is 65.2 Å². The average molecular weight is 309 g/mol. The second kappa shape index (κ2) is 5.44. The third-order valence-electron chi connectivity index (χ3n) is 3.72. The van der Waals surface area contributed by atoms with Crippen molar-refractivity contribution in [2.45, 2.75) is 12.3 Å². The summed E-state index contributed by atoms with van der Waals surface area (Å²) in [5, 5.41) is 2.22. The van der Waals surface area contributed by atoms with E-state index in [4.69, 9.17) is 0 Å². The lowest BCUT2D eigenvalue weighted by Gasteiger charge is -2.07. The molecule has 1 aliphatic carbocycles. The molecule has 1 saturated carbocycles. The van der Waals surface area contributed by atoms with Crippen molar-refractivity contribution >= 4 is 11.6 Å². The van der Waals surface area contributed by atoms with E-state index in [1.54, 1.807) is 18.2 Å². The SMILES string of the molecule is O=C(Nc1ccc(F)c(F)c1F)C1CC1c1ccccc1F. The van der Waals surface area contributed by atoms with Gasteiger partial charge in [-0.15, -0.1) is 0 Å². The van der Waals surface area contributed by atoms with Gasteiger partial charge in [-0.3, -0.25) is 4.79 Å². The highest BCUT2D eigenvalue weighted by molar-refractivity contribution is 5.95. The molecule has 2 unspecified atom stereocenters. The molecule has 1 aliphatic rings. The van der Waals surface area contributed by atoms with Gasteiger partial charge in [0.2, 0.25) is 5.91 Å². The Morgan fingerprint density at radius 3 is 2.41 bits per heavy atom. The molecule has 0 saturated heterocycles. The first kappa shape index (κ1) is 14.6. The van der Waals surface area contributed by atoms with E-state index in [9.17, 15) is 22.4 Å². The van der Waals surface area contributed by atoms with Gasteiger partial charge in [0.25, 0.3) is 0 Å². The molecule has 0 heterocycles. The second-order valence-corrected chi connectivity index (χ2v) is 5.18. The maximum atomic E-state index is 13.6. The van der Waals surface area contributed by atoms with Crippen molar-refractivity contribution in [1.29, 1.82) is 0 Å². The molecule has 0 spiro atoms. The molecule has 2 atom stereocenters. The van der Waals surface area contributed by atoms with Crippen LogP contribution in [0.5, 0.6) is 0 Å². The van der Waals surface area contributed by atoms with Gasteiger partial charge in [-0.05, 0) is 36.1 Å². The maximum absolute atomic E-state index is 13.6. The van der Waals surface area contributed by atoms with Gasteiger partial charge in [-0.25, -0.2) is 17.6 Å². The fourth-order valence-electron chi connectivity index (χ4n) is 2.45. The molecule has 1 N–H and O–H groups in total. The Balaban J connectivity index is 1.73. The van der Waals surface area contributed by atoms with Gasteiger partial charge < -0.3 is 5.32 Å². The summed E-state index contributed by atoms with van der Waals surface area (Å²) in [4.78, 5) is 12.0. The van der Waals surface area contributed by atoms with Crippen LogP contribution in [0.2, 0.25) is 0 Å². The standard InChI is InChI=1S/C16H11F4NO/c17-11-4-2-1-3-8(11)9-7-10(9)16(22)21-13-6-5-12(18)14(19)15(13)20/h1-6,9-10H,7H2,(H,21,22). The lowest BCUT2D eigenvalue weighted by Crippen LogP contribution is -2.16. The molecule has 1 fully saturated rings. The Bertz CT molecular complexity index is 747. The molecule has 0 radical (unpaired) electrons. The number of benzene rings is 2. The van der Waals surface area contributed by atoms with Gasteiger partial charge in [-0.1, -0.05) is 18.2 Å². The van der Waals surface area contributed by atoms with Crippen molar-refractivity contribution in [3.8, 4) is 0 Å². The highest BCUT2D eigenvalue weighted by Gasteiger charge is 2.45. The molecule has 2 aromatic carbocycles. The molecule has 0 aromatic heterocycles. The molecular weight excluding hydrogens is 298 g/mol. The quantitative estimate of drug-likeness (QED) is 0.674. The first-order valence-electron chi connectivity index (χ1n) is 6.68. The Morgan fingerprint density at radius 2 is 1.68 bits per heavy atom. The molecule has 0 bridgehead atoms. The summed E-state index contributed by atoms with van der Waals surface area (Å²) >= 11 is 0. The molecule has 3 rings (SSSR count). The molecule has 114 valence electrons. The Labute approximate surface area is 123 Å². The van der Waals surface area contributed by atoms with E-state index >= 15 is 0 Å². The third-order valence-corrected chi connectivity index (χ3v) is 3.72. The smallest absolute Gasteiger partial charge is 0.228 e. The minimum Gasteiger partial charge on any atom is -0.323 e. The second-order valence-electron chi connectivity index (χ2n) is 5.18. The highest BCUT2D eigenvalue weighted by atomic mass is 19.2. The van der Waals surface area contributed by atoms with Crippen LogP contribution in [0.3, 0.4) is 0 Å². The van der Waals surface area contributed by atoms with Crippen molar-refractivity contribution < 1.29 is 22.4 Å². The number of nitrogens with one attached hydrogen (secondary N) is 1. The van der Waals surface area contributed by atoms with Crippen LogP contribution in [0.15, 0.2) is 36.4 Å². The van der Waals surface area contributed by atoms with Crippen LogP contribution in [0.25, 0.3) is 0 Å². The van der Waals surface area contributed by atoms with E-state index in [1.807, 2.05) is 0 Å². The summed E-state index contributed by atoms with van der Waals surface area (Å²) in [6, 6.07) is 7.79. The number of hydrogen-bond donors (Lipinski definition) is 1. The fourth-order valence-corrected chi connectivity index (χ4v) is 2.45. The zero-order valence-corrected chi connectivity index (χ0v) is 11.2. The van der Waals surface area contributed by atoms with Crippen LogP contribution in [-0.4, -0.2) is 5.91 Å². The zero-order valence-electron chi connectivity index (χ0n) is 11.2. The Morgan fingerprint density at radius 1 is 0.955 bits per heavy atom. The van der Waals surface area contributed by atoms with Gasteiger partial charge in [-0.2, -0.15) is 0 Å².